The third-order valence-electron chi connectivity index (χ3n) is 7.05. The van der Waals surface area contributed by atoms with E-state index in [1.165, 1.54) is 11.1 Å². The van der Waals surface area contributed by atoms with Gasteiger partial charge in [0.2, 0.25) is 0 Å². The van der Waals surface area contributed by atoms with Crippen molar-refractivity contribution in [1.29, 1.82) is 0 Å². The molecule has 0 saturated carbocycles. The number of aliphatic hydroxyl groups excluding tert-OH is 1. The van der Waals surface area contributed by atoms with Crippen molar-refractivity contribution in [3.05, 3.63) is 114 Å². The molecule has 0 radical (unpaired) electrons. The Morgan fingerprint density at radius 1 is 0.895 bits per heavy atom. The first-order valence-corrected chi connectivity index (χ1v) is 13.0. The van der Waals surface area contributed by atoms with Crippen molar-refractivity contribution in [3.8, 4) is 11.5 Å². The lowest BCUT2D eigenvalue weighted by Gasteiger charge is -2.51. The van der Waals surface area contributed by atoms with Gasteiger partial charge in [-0.1, -0.05) is 78.0 Å². The van der Waals surface area contributed by atoms with Gasteiger partial charge >= 0.3 is 0 Å². The molecule has 1 unspecified atom stereocenters. The van der Waals surface area contributed by atoms with Crippen LogP contribution >= 0.6 is 0 Å². The number of nitrogens with zero attached hydrogens (tertiary/aromatic N) is 3. The Balaban J connectivity index is 1.32. The first kappa shape index (κ1) is 26.0. The maximum atomic E-state index is 11.2. The van der Waals surface area contributed by atoms with Gasteiger partial charge in [0.15, 0.2) is 17.3 Å². The molecule has 2 heterocycles. The van der Waals surface area contributed by atoms with E-state index in [4.69, 9.17) is 14.0 Å². The summed E-state index contributed by atoms with van der Waals surface area (Å²) in [5.41, 5.74) is 2.86. The fourth-order valence-corrected chi connectivity index (χ4v) is 5.26. The molecule has 0 spiro atoms. The highest BCUT2D eigenvalue weighted by Gasteiger charge is 2.44. The SMILES string of the molecule is Cc1cc(COc2ccccc2OCC(O)CN2CCN(C)CC2(c2ccccc2)c2ccccc2)on1. The molecule has 4 aromatic rings. The molecule has 1 atom stereocenters. The minimum Gasteiger partial charge on any atom is -0.487 e. The number of ether oxygens (including phenoxy) is 2. The maximum Gasteiger partial charge on any atom is 0.174 e. The number of likely N-dealkylation sites (N-methyl/N-ethyl adjacent to an activating group) is 1. The van der Waals surface area contributed by atoms with Crippen LogP contribution in [0.15, 0.2) is 95.5 Å². The van der Waals surface area contributed by atoms with Crippen molar-refractivity contribution in [1.82, 2.24) is 15.0 Å². The fourth-order valence-electron chi connectivity index (χ4n) is 5.26. The summed E-state index contributed by atoms with van der Waals surface area (Å²) in [5.74, 6) is 1.82. The molecule has 1 saturated heterocycles. The van der Waals surface area contributed by atoms with Crippen LogP contribution < -0.4 is 9.47 Å². The van der Waals surface area contributed by atoms with E-state index < -0.39 is 6.10 Å². The summed E-state index contributed by atoms with van der Waals surface area (Å²) in [6.07, 6.45) is -0.699. The molecule has 38 heavy (non-hydrogen) atoms. The van der Waals surface area contributed by atoms with Gasteiger partial charge in [-0.3, -0.25) is 4.90 Å². The Morgan fingerprint density at radius 3 is 2.11 bits per heavy atom. The molecular formula is C31H35N3O4. The van der Waals surface area contributed by atoms with E-state index in [1.54, 1.807) is 0 Å². The minimum atomic E-state index is -0.699. The number of β-amino-alcohol motifs (C(OH)–C–C–N with tert-alkyl or cyclic N) is 1. The topological polar surface area (TPSA) is 71.2 Å². The maximum absolute atomic E-state index is 11.2. The van der Waals surface area contributed by atoms with Crippen LogP contribution in [0.3, 0.4) is 0 Å². The first-order valence-electron chi connectivity index (χ1n) is 13.0. The van der Waals surface area contributed by atoms with Gasteiger partial charge in [0.25, 0.3) is 0 Å². The largest absolute Gasteiger partial charge is 0.487 e. The lowest BCUT2D eigenvalue weighted by Crippen LogP contribution is -2.61. The fraction of sp³-hybridized carbons (Fsp3) is 0.323. The second kappa shape index (κ2) is 11.8. The molecule has 198 valence electrons. The second-order valence-corrected chi connectivity index (χ2v) is 9.91. The summed E-state index contributed by atoms with van der Waals surface area (Å²) >= 11 is 0. The zero-order valence-corrected chi connectivity index (χ0v) is 22.0. The van der Waals surface area contributed by atoms with E-state index in [0.717, 1.165) is 25.3 Å². The number of benzene rings is 3. The van der Waals surface area contributed by atoms with Crippen molar-refractivity contribution < 1.29 is 19.1 Å². The smallest absolute Gasteiger partial charge is 0.174 e. The molecule has 1 N–H and O–H groups in total. The van der Waals surface area contributed by atoms with Crippen molar-refractivity contribution in [3.63, 3.8) is 0 Å². The van der Waals surface area contributed by atoms with Crippen molar-refractivity contribution in [2.45, 2.75) is 25.2 Å². The van der Waals surface area contributed by atoms with Gasteiger partial charge in [-0.2, -0.15) is 0 Å². The van der Waals surface area contributed by atoms with E-state index in [2.05, 4.69) is 70.5 Å². The van der Waals surface area contributed by atoms with E-state index in [-0.39, 0.29) is 18.8 Å². The quantitative estimate of drug-likeness (QED) is 0.335. The van der Waals surface area contributed by atoms with Gasteiger partial charge in [-0.25, -0.2) is 0 Å². The predicted octanol–water partition coefficient (Wildman–Crippen LogP) is 4.49. The van der Waals surface area contributed by atoms with Crippen molar-refractivity contribution in [2.75, 3.05) is 39.8 Å². The average molecular weight is 514 g/mol. The molecule has 1 aliphatic heterocycles. The molecule has 1 fully saturated rings. The number of aliphatic hydroxyl groups is 1. The number of rotatable bonds is 10. The van der Waals surface area contributed by atoms with Crippen LogP contribution in [0.4, 0.5) is 0 Å². The Bertz CT molecular complexity index is 1260. The molecule has 7 nitrogen and oxygen atoms in total. The highest BCUT2D eigenvalue weighted by Crippen LogP contribution is 2.39. The van der Waals surface area contributed by atoms with Gasteiger partial charge in [-0.05, 0) is 37.2 Å². The third-order valence-corrected chi connectivity index (χ3v) is 7.05. The van der Waals surface area contributed by atoms with E-state index in [0.29, 0.717) is 23.8 Å². The van der Waals surface area contributed by atoms with Gasteiger partial charge < -0.3 is 24.0 Å². The molecule has 3 aromatic carbocycles. The second-order valence-electron chi connectivity index (χ2n) is 9.91. The monoisotopic (exact) mass is 513 g/mol. The lowest BCUT2D eigenvalue weighted by molar-refractivity contribution is -0.0141. The van der Waals surface area contributed by atoms with Gasteiger partial charge in [0.1, 0.15) is 19.3 Å². The van der Waals surface area contributed by atoms with Crippen LogP contribution in [-0.2, 0) is 12.1 Å². The Labute approximate surface area is 224 Å². The summed E-state index contributed by atoms with van der Waals surface area (Å²) in [4.78, 5) is 4.77. The van der Waals surface area contributed by atoms with E-state index in [1.807, 2.05) is 49.4 Å². The van der Waals surface area contributed by atoms with Crippen LogP contribution in [0, 0.1) is 6.92 Å². The van der Waals surface area contributed by atoms with E-state index in [9.17, 15) is 5.11 Å². The molecule has 0 bridgehead atoms. The Kier molecular flexibility index (Phi) is 8.08. The molecule has 0 amide bonds. The summed E-state index contributed by atoms with van der Waals surface area (Å²) < 4.78 is 17.2. The molecule has 5 rings (SSSR count). The zero-order chi connectivity index (χ0) is 26.4. The average Bonchev–Trinajstić information content (AvgIpc) is 3.38. The highest BCUT2D eigenvalue weighted by atomic mass is 16.5. The zero-order valence-electron chi connectivity index (χ0n) is 22.0. The number of aromatic nitrogens is 1. The molecule has 7 heteroatoms. The molecule has 1 aromatic heterocycles. The van der Waals surface area contributed by atoms with E-state index >= 15 is 0 Å². The normalized spacial score (nSPS) is 16.7. The minimum absolute atomic E-state index is 0.147. The molecular weight excluding hydrogens is 478 g/mol. The number of hydrogen-bond acceptors (Lipinski definition) is 7. The third kappa shape index (κ3) is 5.75. The standard InChI is InChI=1S/C31H35N3O4/c1-24-19-28(38-32-24)22-37-30-16-10-9-15-29(30)36-21-27(35)20-34-18-17-33(2)23-31(34,25-11-5-3-6-12-25)26-13-7-4-8-14-26/h3-16,19,27,35H,17-18,20-23H2,1-2H3. The van der Waals surface area contributed by atoms with Gasteiger partial charge in [0.05, 0.1) is 11.2 Å². The van der Waals surface area contributed by atoms with Crippen molar-refractivity contribution in [2.24, 2.45) is 0 Å². The van der Waals surface area contributed by atoms with Crippen molar-refractivity contribution >= 4 is 0 Å². The lowest BCUT2D eigenvalue weighted by atomic mass is 9.79. The highest BCUT2D eigenvalue weighted by molar-refractivity contribution is 5.41. The number of aryl methyl sites for hydroxylation is 1. The number of para-hydroxylation sites is 2. The van der Waals surface area contributed by atoms with Crippen LogP contribution in [0.5, 0.6) is 11.5 Å². The molecule has 0 aliphatic carbocycles. The predicted molar refractivity (Wildman–Crippen MR) is 146 cm³/mol. The summed E-state index contributed by atoms with van der Waals surface area (Å²) in [6, 6.07) is 30.5. The van der Waals surface area contributed by atoms with Crippen LogP contribution in [-0.4, -0.2) is 66.0 Å². The summed E-state index contributed by atoms with van der Waals surface area (Å²) in [7, 11) is 2.16. The Morgan fingerprint density at radius 2 is 1.50 bits per heavy atom. The summed E-state index contributed by atoms with van der Waals surface area (Å²) in [5, 5.41) is 15.1. The Hall–Kier alpha value is -3.65. The first-order chi connectivity index (χ1) is 18.5. The summed E-state index contributed by atoms with van der Waals surface area (Å²) in [6.45, 7) is 5.32. The molecule has 1 aliphatic rings. The van der Waals surface area contributed by atoms with Crippen LogP contribution in [0.25, 0.3) is 0 Å². The van der Waals surface area contributed by atoms with Crippen LogP contribution in [0.2, 0.25) is 0 Å². The number of piperazine rings is 1. The van der Waals surface area contributed by atoms with Gasteiger partial charge in [-0.15, -0.1) is 0 Å². The number of hydrogen-bond donors (Lipinski definition) is 1. The van der Waals surface area contributed by atoms with Crippen LogP contribution in [0.1, 0.15) is 22.6 Å². The van der Waals surface area contributed by atoms with Gasteiger partial charge in [0, 0.05) is 32.2 Å².